The van der Waals surface area contributed by atoms with Crippen LogP contribution in [0.1, 0.15) is 13.3 Å². The number of rotatable bonds is 2. The molecular formula is C9H10BrClN2. The van der Waals surface area contributed by atoms with Crippen molar-refractivity contribution in [1.29, 1.82) is 0 Å². The van der Waals surface area contributed by atoms with E-state index in [-0.39, 0.29) is 0 Å². The van der Waals surface area contributed by atoms with Gasteiger partial charge in [-0.2, -0.15) is 0 Å². The quantitative estimate of drug-likeness (QED) is 0.883. The predicted molar refractivity (Wildman–Crippen MR) is 58.1 cm³/mol. The molecule has 0 aromatic carbocycles. The zero-order chi connectivity index (χ0) is 9.42. The Labute approximate surface area is 90.8 Å². The van der Waals surface area contributed by atoms with Crippen LogP contribution in [0.4, 0.5) is 5.82 Å². The number of hydrogen-bond acceptors (Lipinski definition) is 2. The van der Waals surface area contributed by atoms with Gasteiger partial charge >= 0.3 is 0 Å². The molecule has 2 rings (SSSR count). The molecule has 2 unspecified atom stereocenters. The van der Waals surface area contributed by atoms with Gasteiger partial charge in [0.05, 0.1) is 5.02 Å². The van der Waals surface area contributed by atoms with Gasteiger partial charge in [0, 0.05) is 16.7 Å². The first-order valence-corrected chi connectivity index (χ1v) is 5.41. The maximum atomic E-state index is 5.99. The minimum atomic E-state index is 0.561. The van der Waals surface area contributed by atoms with E-state index in [0.717, 1.165) is 16.2 Å². The molecule has 0 spiro atoms. The topological polar surface area (TPSA) is 24.9 Å². The van der Waals surface area contributed by atoms with Crippen molar-refractivity contribution < 1.29 is 0 Å². The highest BCUT2D eigenvalue weighted by Gasteiger charge is 2.32. The summed E-state index contributed by atoms with van der Waals surface area (Å²) in [5.74, 6) is 1.54. The monoisotopic (exact) mass is 260 g/mol. The van der Waals surface area contributed by atoms with Gasteiger partial charge in [0.2, 0.25) is 0 Å². The first-order chi connectivity index (χ1) is 6.16. The Bertz CT molecular complexity index is 329. The molecule has 1 aliphatic rings. The second-order valence-corrected chi connectivity index (χ2v) is 4.77. The highest BCUT2D eigenvalue weighted by atomic mass is 79.9. The van der Waals surface area contributed by atoms with Gasteiger partial charge in [-0.3, -0.25) is 0 Å². The summed E-state index contributed by atoms with van der Waals surface area (Å²) in [5, 5.41) is 3.97. The number of aromatic nitrogens is 1. The molecule has 0 aliphatic heterocycles. The van der Waals surface area contributed by atoms with Crippen molar-refractivity contribution in [2.75, 3.05) is 5.32 Å². The molecule has 1 aromatic heterocycles. The van der Waals surface area contributed by atoms with Crippen LogP contribution in [0.2, 0.25) is 5.02 Å². The Hall–Kier alpha value is -0.280. The third-order valence-corrected chi connectivity index (χ3v) is 2.96. The Balaban J connectivity index is 2.11. The molecule has 0 saturated heterocycles. The van der Waals surface area contributed by atoms with Gasteiger partial charge in [-0.1, -0.05) is 18.5 Å². The van der Waals surface area contributed by atoms with Crippen molar-refractivity contribution >= 4 is 33.3 Å². The first-order valence-electron chi connectivity index (χ1n) is 4.24. The maximum absolute atomic E-state index is 5.99. The number of pyridine rings is 1. The molecule has 4 heteroatoms. The van der Waals surface area contributed by atoms with Crippen LogP contribution in [0.5, 0.6) is 0 Å². The van der Waals surface area contributed by atoms with Gasteiger partial charge in [0.25, 0.3) is 0 Å². The average Bonchev–Trinajstić information content (AvgIpc) is 2.73. The third-order valence-electron chi connectivity index (χ3n) is 2.24. The number of halogens is 2. The number of hydrogen-bond donors (Lipinski definition) is 1. The van der Waals surface area contributed by atoms with Crippen molar-refractivity contribution in [3.05, 3.63) is 21.8 Å². The summed E-state index contributed by atoms with van der Waals surface area (Å²) in [5.41, 5.74) is 0. The SMILES string of the molecule is CC1CC1Nc1ncc(Br)cc1Cl. The van der Waals surface area contributed by atoms with Gasteiger partial charge < -0.3 is 5.32 Å². The fraction of sp³-hybridized carbons (Fsp3) is 0.444. The lowest BCUT2D eigenvalue weighted by Crippen LogP contribution is -2.05. The van der Waals surface area contributed by atoms with E-state index in [9.17, 15) is 0 Å². The van der Waals surface area contributed by atoms with Crippen molar-refractivity contribution in [2.24, 2.45) is 5.92 Å². The molecule has 1 fully saturated rings. The Morgan fingerprint density at radius 1 is 1.69 bits per heavy atom. The van der Waals surface area contributed by atoms with Crippen LogP contribution in [0.15, 0.2) is 16.7 Å². The highest BCUT2D eigenvalue weighted by Crippen LogP contribution is 2.34. The summed E-state index contributed by atoms with van der Waals surface area (Å²) >= 11 is 9.31. The zero-order valence-electron chi connectivity index (χ0n) is 7.22. The van der Waals surface area contributed by atoms with E-state index < -0.39 is 0 Å². The van der Waals surface area contributed by atoms with Crippen molar-refractivity contribution in [3.63, 3.8) is 0 Å². The van der Waals surface area contributed by atoms with E-state index in [1.165, 1.54) is 6.42 Å². The smallest absolute Gasteiger partial charge is 0.145 e. The normalized spacial score (nSPS) is 25.8. The van der Waals surface area contributed by atoms with Crippen molar-refractivity contribution in [2.45, 2.75) is 19.4 Å². The van der Waals surface area contributed by atoms with E-state index in [0.29, 0.717) is 11.1 Å². The summed E-state index contributed by atoms with van der Waals surface area (Å²) in [6, 6.07) is 2.41. The molecule has 0 bridgehead atoms. The lowest BCUT2D eigenvalue weighted by atomic mass is 10.4. The molecule has 1 aromatic rings. The first kappa shape index (κ1) is 9.28. The van der Waals surface area contributed by atoms with Gasteiger partial charge in [-0.15, -0.1) is 0 Å². The van der Waals surface area contributed by atoms with E-state index in [1.807, 2.05) is 6.07 Å². The molecule has 1 N–H and O–H groups in total. The van der Waals surface area contributed by atoms with E-state index in [4.69, 9.17) is 11.6 Å². The fourth-order valence-electron chi connectivity index (χ4n) is 1.22. The molecule has 1 aliphatic carbocycles. The zero-order valence-corrected chi connectivity index (χ0v) is 9.56. The Morgan fingerprint density at radius 3 is 2.92 bits per heavy atom. The predicted octanol–water partition coefficient (Wildman–Crippen LogP) is 3.32. The molecule has 70 valence electrons. The number of nitrogens with one attached hydrogen (secondary N) is 1. The average molecular weight is 262 g/mol. The third kappa shape index (κ3) is 2.15. The van der Waals surface area contributed by atoms with Gasteiger partial charge in [-0.05, 0) is 34.3 Å². The lowest BCUT2D eigenvalue weighted by molar-refractivity contribution is 0.923. The maximum Gasteiger partial charge on any atom is 0.145 e. The molecular weight excluding hydrogens is 251 g/mol. The molecule has 1 saturated carbocycles. The molecule has 13 heavy (non-hydrogen) atoms. The van der Waals surface area contributed by atoms with E-state index in [2.05, 4.69) is 33.2 Å². The van der Waals surface area contributed by atoms with Gasteiger partial charge in [0.1, 0.15) is 5.82 Å². The van der Waals surface area contributed by atoms with E-state index in [1.54, 1.807) is 6.20 Å². The van der Waals surface area contributed by atoms with Crippen LogP contribution < -0.4 is 5.32 Å². The fourth-order valence-corrected chi connectivity index (χ4v) is 1.90. The number of nitrogens with zero attached hydrogens (tertiary/aromatic N) is 1. The Kier molecular flexibility index (Phi) is 2.47. The van der Waals surface area contributed by atoms with Crippen LogP contribution >= 0.6 is 27.5 Å². The van der Waals surface area contributed by atoms with Crippen molar-refractivity contribution in [3.8, 4) is 0 Å². The molecule has 0 amide bonds. The van der Waals surface area contributed by atoms with Gasteiger partial charge in [-0.25, -0.2) is 4.98 Å². The summed E-state index contributed by atoms with van der Waals surface area (Å²) in [6.07, 6.45) is 2.97. The summed E-state index contributed by atoms with van der Waals surface area (Å²) in [6.45, 7) is 2.21. The van der Waals surface area contributed by atoms with Gasteiger partial charge in [0.15, 0.2) is 0 Å². The van der Waals surface area contributed by atoms with Crippen LogP contribution in [0, 0.1) is 5.92 Å². The standard InChI is InChI=1S/C9H10BrClN2/c1-5-2-8(5)13-9-7(11)3-6(10)4-12-9/h3-5,8H,2H2,1H3,(H,12,13). The van der Waals surface area contributed by atoms with Crippen LogP contribution in [-0.2, 0) is 0 Å². The van der Waals surface area contributed by atoms with Crippen LogP contribution in [0.25, 0.3) is 0 Å². The highest BCUT2D eigenvalue weighted by molar-refractivity contribution is 9.10. The van der Waals surface area contributed by atoms with Crippen LogP contribution in [0.3, 0.4) is 0 Å². The molecule has 2 nitrogen and oxygen atoms in total. The summed E-state index contributed by atoms with van der Waals surface area (Å²) in [4.78, 5) is 4.20. The largest absolute Gasteiger partial charge is 0.366 e. The second kappa shape index (κ2) is 3.46. The Morgan fingerprint density at radius 2 is 2.38 bits per heavy atom. The summed E-state index contributed by atoms with van der Waals surface area (Å²) in [7, 11) is 0. The summed E-state index contributed by atoms with van der Waals surface area (Å²) < 4.78 is 0.909. The van der Waals surface area contributed by atoms with E-state index >= 15 is 0 Å². The van der Waals surface area contributed by atoms with Crippen molar-refractivity contribution in [1.82, 2.24) is 4.98 Å². The van der Waals surface area contributed by atoms with Crippen LogP contribution in [-0.4, -0.2) is 11.0 Å². The minimum absolute atomic E-state index is 0.561. The molecule has 1 heterocycles. The molecule has 2 atom stereocenters. The number of anilines is 1. The lowest BCUT2D eigenvalue weighted by Gasteiger charge is -2.05. The minimum Gasteiger partial charge on any atom is -0.366 e. The second-order valence-electron chi connectivity index (χ2n) is 3.45. The molecule has 0 radical (unpaired) electrons.